The Morgan fingerprint density at radius 2 is 1.91 bits per heavy atom. The molecule has 5 heteroatoms. The molecule has 0 aliphatic carbocycles. The van der Waals surface area contributed by atoms with E-state index in [1.807, 2.05) is 24.1 Å². The van der Waals surface area contributed by atoms with Gasteiger partial charge in [0, 0.05) is 19.2 Å². The fourth-order valence-electron chi connectivity index (χ4n) is 3.06. The van der Waals surface area contributed by atoms with E-state index in [9.17, 15) is 4.79 Å². The zero-order valence-corrected chi connectivity index (χ0v) is 13.7. The van der Waals surface area contributed by atoms with Crippen molar-refractivity contribution >= 4 is 5.91 Å². The maximum absolute atomic E-state index is 12.5. The molecule has 0 spiro atoms. The lowest BCUT2D eigenvalue weighted by molar-refractivity contribution is -0.903. The predicted octanol–water partition coefficient (Wildman–Crippen LogP) is 0.486. The zero-order chi connectivity index (χ0) is 16.1. The van der Waals surface area contributed by atoms with Gasteiger partial charge in [0.15, 0.2) is 0 Å². The van der Waals surface area contributed by atoms with Gasteiger partial charge in [-0.1, -0.05) is 30.3 Å². The number of carbonyl (C=O) groups is 1. The second kappa shape index (κ2) is 7.42. The van der Waals surface area contributed by atoms with Crippen molar-refractivity contribution in [1.29, 1.82) is 0 Å². The highest BCUT2D eigenvalue weighted by Gasteiger charge is 2.25. The number of nitrogens with one attached hydrogen (secondary N) is 1. The Bertz CT molecular complexity index is 629. The summed E-state index contributed by atoms with van der Waals surface area (Å²) < 4.78 is 1.80. The minimum atomic E-state index is 0.0688. The van der Waals surface area contributed by atoms with Crippen molar-refractivity contribution in [1.82, 2.24) is 14.7 Å². The molecule has 0 atom stereocenters. The van der Waals surface area contributed by atoms with Crippen LogP contribution in [0, 0.1) is 0 Å². The maximum atomic E-state index is 12.5. The molecular weight excluding hydrogens is 288 g/mol. The van der Waals surface area contributed by atoms with Crippen molar-refractivity contribution in [2.45, 2.75) is 19.9 Å². The third-order valence-corrected chi connectivity index (χ3v) is 4.55. The lowest BCUT2D eigenvalue weighted by Crippen LogP contribution is -3.15. The van der Waals surface area contributed by atoms with Gasteiger partial charge in [-0.25, -0.2) is 0 Å². The molecule has 3 rings (SSSR count). The molecular formula is C18H25N4O+. The first-order chi connectivity index (χ1) is 11.3. The Labute approximate surface area is 137 Å². The average molecular weight is 313 g/mol. The van der Waals surface area contributed by atoms with Crippen LogP contribution in [0.25, 0.3) is 0 Å². The number of amides is 1. The predicted molar refractivity (Wildman–Crippen MR) is 89.5 cm³/mol. The number of aryl methyl sites for hydroxylation is 1. The van der Waals surface area contributed by atoms with Gasteiger partial charge in [-0.3, -0.25) is 9.48 Å². The molecule has 1 amide bonds. The molecule has 1 aliphatic heterocycles. The standard InChI is InChI=1S/C18H24N4O/c1-2-22-11-9-17(19-22)18(23)21-14-12-20(13-15-21)10-8-16-6-4-3-5-7-16/h3-7,9,11H,2,8,10,12-15H2,1H3/p+1. The summed E-state index contributed by atoms with van der Waals surface area (Å²) in [5, 5.41) is 4.32. The van der Waals surface area contributed by atoms with Gasteiger partial charge in [0.2, 0.25) is 0 Å². The van der Waals surface area contributed by atoms with E-state index in [1.165, 1.54) is 5.56 Å². The fourth-order valence-corrected chi connectivity index (χ4v) is 3.06. The zero-order valence-electron chi connectivity index (χ0n) is 13.7. The molecule has 0 saturated carbocycles. The van der Waals surface area contributed by atoms with Crippen LogP contribution >= 0.6 is 0 Å². The molecule has 1 aromatic heterocycles. The second-order valence-electron chi connectivity index (χ2n) is 6.08. The van der Waals surface area contributed by atoms with Gasteiger partial charge in [0.1, 0.15) is 5.69 Å². The number of aromatic nitrogens is 2. The van der Waals surface area contributed by atoms with Crippen LogP contribution in [0.1, 0.15) is 23.0 Å². The van der Waals surface area contributed by atoms with Gasteiger partial charge in [0.25, 0.3) is 5.91 Å². The summed E-state index contributed by atoms with van der Waals surface area (Å²) in [6.45, 7) is 7.64. The lowest BCUT2D eigenvalue weighted by Gasteiger charge is -2.31. The Balaban J connectivity index is 1.47. The summed E-state index contributed by atoms with van der Waals surface area (Å²) in [7, 11) is 0. The number of quaternary nitrogens is 1. The van der Waals surface area contributed by atoms with Gasteiger partial charge in [-0.15, -0.1) is 0 Å². The maximum Gasteiger partial charge on any atom is 0.274 e. The highest BCUT2D eigenvalue weighted by atomic mass is 16.2. The van der Waals surface area contributed by atoms with Crippen molar-refractivity contribution in [3.8, 4) is 0 Å². The van der Waals surface area contributed by atoms with Gasteiger partial charge in [-0.05, 0) is 18.6 Å². The molecule has 1 aliphatic rings. The van der Waals surface area contributed by atoms with E-state index < -0.39 is 0 Å². The van der Waals surface area contributed by atoms with Crippen molar-refractivity contribution in [2.24, 2.45) is 0 Å². The number of piperazine rings is 1. The number of nitrogens with zero attached hydrogens (tertiary/aromatic N) is 3. The molecule has 122 valence electrons. The van der Waals surface area contributed by atoms with E-state index in [0.717, 1.165) is 45.7 Å². The third-order valence-electron chi connectivity index (χ3n) is 4.55. The largest absolute Gasteiger partial charge is 0.332 e. The number of hydrogen-bond acceptors (Lipinski definition) is 2. The summed E-state index contributed by atoms with van der Waals surface area (Å²) in [5.41, 5.74) is 1.96. The monoisotopic (exact) mass is 313 g/mol. The fraction of sp³-hybridized carbons (Fsp3) is 0.444. The van der Waals surface area contributed by atoms with Crippen LogP contribution < -0.4 is 4.90 Å². The van der Waals surface area contributed by atoms with E-state index in [1.54, 1.807) is 9.58 Å². The molecule has 1 aromatic carbocycles. The Hall–Kier alpha value is -2.14. The normalized spacial score (nSPS) is 15.8. The quantitative estimate of drug-likeness (QED) is 0.873. The van der Waals surface area contributed by atoms with Crippen LogP contribution in [0.4, 0.5) is 0 Å². The summed E-state index contributed by atoms with van der Waals surface area (Å²) in [6.07, 6.45) is 2.97. The van der Waals surface area contributed by atoms with E-state index in [0.29, 0.717) is 5.69 Å². The Morgan fingerprint density at radius 1 is 1.17 bits per heavy atom. The van der Waals surface area contributed by atoms with Crippen LogP contribution in [0.5, 0.6) is 0 Å². The molecule has 5 nitrogen and oxygen atoms in total. The van der Waals surface area contributed by atoms with Crippen molar-refractivity contribution in [3.05, 3.63) is 53.9 Å². The van der Waals surface area contributed by atoms with Crippen LogP contribution in [0.15, 0.2) is 42.6 Å². The van der Waals surface area contributed by atoms with Crippen LogP contribution in [0.3, 0.4) is 0 Å². The molecule has 2 heterocycles. The van der Waals surface area contributed by atoms with E-state index in [4.69, 9.17) is 0 Å². The minimum absolute atomic E-state index is 0.0688. The molecule has 1 N–H and O–H groups in total. The van der Waals surface area contributed by atoms with Gasteiger partial charge >= 0.3 is 0 Å². The molecule has 0 unspecified atom stereocenters. The molecule has 2 aromatic rings. The van der Waals surface area contributed by atoms with Crippen molar-refractivity contribution in [2.75, 3.05) is 32.7 Å². The van der Waals surface area contributed by atoms with E-state index >= 15 is 0 Å². The van der Waals surface area contributed by atoms with Gasteiger partial charge in [-0.2, -0.15) is 5.10 Å². The highest BCUT2D eigenvalue weighted by molar-refractivity contribution is 5.92. The summed E-state index contributed by atoms with van der Waals surface area (Å²) in [4.78, 5) is 16.0. The Kier molecular flexibility index (Phi) is 5.08. The number of benzene rings is 1. The van der Waals surface area contributed by atoms with Gasteiger partial charge in [0.05, 0.1) is 32.7 Å². The highest BCUT2D eigenvalue weighted by Crippen LogP contribution is 2.03. The van der Waals surface area contributed by atoms with Crippen molar-refractivity contribution < 1.29 is 9.69 Å². The third kappa shape index (κ3) is 3.99. The molecule has 1 saturated heterocycles. The first kappa shape index (κ1) is 15.7. The molecule has 23 heavy (non-hydrogen) atoms. The Morgan fingerprint density at radius 3 is 2.57 bits per heavy atom. The first-order valence-electron chi connectivity index (χ1n) is 8.46. The number of hydrogen-bond donors (Lipinski definition) is 1. The molecule has 0 radical (unpaired) electrons. The average Bonchev–Trinajstić information content (AvgIpc) is 3.10. The lowest BCUT2D eigenvalue weighted by atomic mass is 10.1. The van der Waals surface area contributed by atoms with E-state index in [-0.39, 0.29) is 5.91 Å². The molecule has 1 fully saturated rings. The second-order valence-corrected chi connectivity index (χ2v) is 6.08. The number of rotatable bonds is 5. The van der Waals surface area contributed by atoms with E-state index in [2.05, 4.69) is 35.4 Å². The van der Waals surface area contributed by atoms with Crippen LogP contribution in [-0.4, -0.2) is 53.3 Å². The molecule has 0 bridgehead atoms. The van der Waals surface area contributed by atoms with Gasteiger partial charge < -0.3 is 9.80 Å². The SMILES string of the molecule is CCn1ccc(C(=O)N2CC[NH+](CCc3ccccc3)CC2)n1. The van der Waals surface area contributed by atoms with Crippen molar-refractivity contribution in [3.63, 3.8) is 0 Å². The topological polar surface area (TPSA) is 42.6 Å². The first-order valence-corrected chi connectivity index (χ1v) is 8.46. The van der Waals surface area contributed by atoms with Crippen LogP contribution in [0.2, 0.25) is 0 Å². The summed E-state index contributed by atoms with van der Waals surface area (Å²) in [6, 6.07) is 12.4. The smallest absolute Gasteiger partial charge is 0.274 e. The summed E-state index contributed by atoms with van der Waals surface area (Å²) in [5.74, 6) is 0.0688. The minimum Gasteiger partial charge on any atom is -0.332 e. The summed E-state index contributed by atoms with van der Waals surface area (Å²) >= 11 is 0. The number of carbonyl (C=O) groups excluding carboxylic acids is 1. The van der Waals surface area contributed by atoms with Crippen LogP contribution in [-0.2, 0) is 13.0 Å².